The third-order valence-corrected chi connectivity index (χ3v) is 3.35. The molecule has 0 spiro atoms. The SMILES string of the molecule is CC(=O)OC[C@H]1OC(O)[C@H](C(F)(F)Cl)[C@@H](OC(C)=O)[C@@H]1OC(C)=O. The summed E-state index contributed by atoms with van der Waals surface area (Å²) in [6.45, 7) is 2.49. The summed E-state index contributed by atoms with van der Waals surface area (Å²) in [5.74, 6) is -4.78. The standard InChI is InChI=1S/C13H17ClF2O8/c1-5(17)21-4-8-10(22-6(2)18)11(23-7(3)19)9(12(20)24-8)13(14,15)16/h8-12,20H,4H2,1-3H3/t8-,9-,10-,11-,12?/m1/s1. The molecule has 1 unspecified atom stereocenters. The second-order valence-electron chi connectivity index (χ2n) is 5.08. The average Bonchev–Trinajstić information content (AvgIpc) is 2.36. The van der Waals surface area contributed by atoms with Crippen LogP contribution in [0.15, 0.2) is 0 Å². The number of rotatable bonds is 5. The van der Waals surface area contributed by atoms with Crippen LogP contribution < -0.4 is 0 Å². The third-order valence-electron chi connectivity index (χ3n) is 3.10. The van der Waals surface area contributed by atoms with E-state index in [0.717, 1.165) is 20.8 Å². The predicted molar refractivity (Wildman–Crippen MR) is 72.9 cm³/mol. The molecule has 0 saturated carbocycles. The Morgan fingerprint density at radius 2 is 1.58 bits per heavy atom. The van der Waals surface area contributed by atoms with Gasteiger partial charge in [-0.25, -0.2) is 0 Å². The van der Waals surface area contributed by atoms with Crippen LogP contribution in [0.4, 0.5) is 8.78 Å². The van der Waals surface area contributed by atoms with E-state index in [-0.39, 0.29) is 0 Å². The lowest BCUT2D eigenvalue weighted by atomic mass is 9.90. The molecule has 0 aromatic heterocycles. The Kier molecular flexibility index (Phi) is 6.87. The van der Waals surface area contributed by atoms with E-state index in [1.165, 1.54) is 0 Å². The summed E-state index contributed by atoms with van der Waals surface area (Å²) in [5, 5.41) is 5.78. The highest BCUT2D eigenvalue weighted by molar-refractivity contribution is 6.22. The molecule has 1 aliphatic heterocycles. The fourth-order valence-electron chi connectivity index (χ4n) is 2.27. The zero-order chi connectivity index (χ0) is 18.7. The van der Waals surface area contributed by atoms with Crippen molar-refractivity contribution in [2.75, 3.05) is 6.61 Å². The van der Waals surface area contributed by atoms with Crippen molar-refractivity contribution >= 4 is 29.5 Å². The summed E-state index contributed by atoms with van der Waals surface area (Å²) in [6, 6.07) is 0. The van der Waals surface area contributed by atoms with Gasteiger partial charge in [0.25, 0.3) is 0 Å². The van der Waals surface area contributed by atoms with Gasteiger partial charge in [0.05, 0.1) is 0 Å². The van der Waals surface area contributed by atoms with Crippen molar-refractivity contribution in [3.63, 3.8) is 0 Å². The highest BCUT2D eigenvalue weighted by Gasteiger charge is 2.59. The molecule has 24 heavy (non-hydrogen) atoms. The van der Waals surface area contributed by atoms with E-state index in [2.05, 4.69) is 4.74 Å². The number of hydrogen-bond acceptors (Lipinski definition) is 8. The van der Waals surface area contributed by atoms with Gasteiger partial charge in [-0.2, -0.15) is 8.78 Å². The van der Waals surface area contributed by atoms with Crippen molar-refractivity contribution < 1.29 is 47.2 Å². The minimum absolute atomic E-state index is 0.525. The molecule has 5 atom stereocenters. The molecule has 8 nitrogen and oxygen atoms in total. The number of carbonyl (C=O) groups is 3. The molecule has 138 valence electrons. The molecule has 0 radical (unpaired) electrons. The van der Waals surface area contributed by atoms with Crippen LogP contribution in [0.25, 0.3) is 0 Å². The van der Waals surface area contributed by atoms with Crippen molar-refractivity contribution in [2.45, 2.75) is 50.8 Å². The molecule has 0 amide bonds. The average molecular weight is 375 g/mol. The van der Waals surface area contributed by atoms with Gasteiger partial charge < -0.3 is 24.1 Å². The van der Waals surface area contributed by atoms with Crippen LogP contribution >= 0.6 is 11.6 Å². The van der Waals surface area contributed by atoms with Gasteiger partial charge in [0.2, 0.25) is 0 Å². The van der Waals surface area contributed by atoms with E-state index in [1.54, 1.807) is 0 Å². The maximum absolute atomic E-state index is 13.6. The molecule has 1 N–H and O–H groups in total. The van der Waals surface area contributed by atoms with E-state index in [4.69, 9.17) is 25.8 Å². The van der Waals surface area contributed by atoms with E-state index in [9.17, 15) is 28.3 Å². The molecular weight excluding hydrogens is 358 g/mol. The molecular formula is C13H17ClF2O8. The Bertz CT molecular complexity index is 495. The first-order valence-electron chi connectivity index (χ1n) is 6.81. The normalized spacial score (nSPS) is 30.4. The van der Waals surface area contributed by atoms with E-state index < -0.39 is 60.4 Å². The number of ether oxygens (including phenoxy) is 4. The van der Waals surface area contributed by atoms with E-state index in [0.29, 0.717) is 0 Å². The number of halogens is 3. The zero-order valence-electron chi connectivity index (χ0n) is 13.0. The highest BCUT2D eigenvalue weighted by atomic mass is 35.5. The molecule has 0 aromatic rings. The molecule has 11 heteroatoms. The number of carbonyl (C=O) groups excluding carboxylic acids is 3. The first-order chi connectivity index (χ1) is 10.9. The van der Waals surface area contributed by atoms with Gasteiger partial charge in [0, 0.05) is 20.8 Å². The van der Waals surface area contributed by atoms with Crippen LogP contribution in [0, 0.1) is 5.92 Å². The first kappa shape index (κ1) is 20.5. The van der Waals surface area contributed by atoms with E-state index in [1.807, 2.05) is 0 Å². The lowest BCUT2D eigenvalue weighted by molar-refractivity contribution is -0.300. The lowest BCUT2D eigenvalue weighted by Gasteiger charge is -2.44. The zero-order valence-corrected chi connectivity index (χ0v) is 13.8. The summed E-state index contributed by atoms with van der Waals surface area (Å²) in [5.41, 5.74) is 0. The maximum Gasteiger partial charge on any atom is 0.333 e. The summed E-state index contributed by atoms with van der Waals surface area (Å²) in [4.78, 5) is 33.4. The first-order valence-corrected chi connectivity index (χ1v) is 7.19. The Morgan fingerprint density at radius 3 is 2.00 bits per heavy atom. The van der Waals surface area contributed by atoms with Gasteiger partial charge in [-0.05, 0) is 11.6 Å². The van der Waals surface area contributed by atoms with Gasteiger partial charge in [-0.15, -0.1) is 0 Å². The molecule has 1 saturated heterocycles. The van der Waals surface area contributed by atoms with E-state index >= 15 is 0 Å². The predicted octanol–water partition coefficient (Wildman–Crippen LogP) is 0.578. The molecule has 1 heterocycles. The minimum atomic E-state index is -4.04. The van der Waals surface area contributed by atoms with Gasteiger partial charge in [-0.3, -0.25) is 14.4 Å². The maximum atomic E-state index is 13.6. The largest absolute Gasteiger partial charge is 0.463 e. The Hall–Kier alpha value is -1.52. The van der Waals surface area contributed by atoms with Crippen LogP contribution in [0.1, 0.15) is 20.8 Å². The molecule has 1 rings (SSSR count). The van der Waals surface area contributed by atoms with Crippen LogP contribution in [0.5, 0.6) is 0 Å². The molecule has 1 aliphatic rings. The van der Waals surface area contributed by atoms with Crippen LogP contribution in [-0.4, -0.2) is 59.6 Å². The molecule has 1 fully saturated rings. The number of aliphatic hydroxyl groups is 1. The topological polar surface area (TPSA) is 108 Å². The number of alkyl halides is 3. The molecule has 0 aromatic carbocycles. The Balaban J connectivity index is 3.19. The minimum Gasteiger partial charge on any atom is -0.463 e. The van der Waals surface area contributed by atoms with Gasteiger partial charge >= 0.3 is 23.3 Å². The van der Waals surface area contributed by atoms with Crippen LogP contribution in [-0.2, 0) is 33.3 Å². The van der Waals surface area contributed by atoms with Crippen molar-refractivity contribution in [2.24, 2.45) is 5.92 Å². The number of esters is 3. The van der Waals surface area contributed by atoms with Crippen molar-refractivity contribution in [3.8, 4) is 0 Å². The highest BCUT2D eigenvalue weighted by Crippen LogP contribution is 2.41. The third kappa shape index (κ3) is 5.53. The quantitative estimate of drug-likeness (QED) is 0.423. The summed E-state index contributed by atoms with van der Waals surface area (Å²) in [7, 11) is 0. The lowest BCUT2D eigenvalue weighted by Crippen LogP contribution is -2.62. The second kappa shape index (κ2) is 8.04. The van der Waals surface area contributed by atoms with Crippen molar-refractivity contribution in [1.29, 1.82) is 0 Å². The fraction of sp³-hybridized carbons (Fsp3) is 0.769. The second-order valence-corrected chi connectivity index (χ2v) is 5.59. The summed E-state index contributed by atoms with van der Waals surface area (Å²) < 4.78 is 46.6. The summed E-state index contributed by atoms with van der Waals surface area (Å²) >= 11 is 4.97. The van der Waals surface area contributed by atoms with Crippen molar-refractivity contribution in [1.82, 2.24) is 0 Å². The summed E-state index contributed by atoms with van der Waals surface area (Å²) in [6.07, 6.45) is -6.88. The molecule has 0 aliphatic carbocycles. The van der Waals surface area contributed by atoms with Crippen molar-refractivity contribution in [3.05, 3.63) is 0 Å². The van der Waals surface area contributed by atoms with Crippen LogP contribution in [0.3, 0.4) is 0 Å². The monoisotopic (exact) mass is 374 g/mol. The Labute approximate surface area is 140 Å². The van der Waals surface area contributed by atoms with Gasteiger partial charge in [0.1, 0.15) is 18.6 Å². The molecule has 0 bridgehead atoms. The van der Waals surface area contributed by atoms with Crippen LogP contribution in [0.2, 0.25) is 0 Å². The number of aliphatic hydroxyl groups excluding tert-OH is 1. The fourth-order valence-corrected chi connectivity index (χ4v) is 2.50. The number of hydrogen-bond donors (Lipinski definition) is 1. The smallest absolute Gasteiger partial charge is 0.333 e. The van der Waals surface area contributed by atoms with Gasteiger partial charge in [0.15, 0.2) is 18.5 Å². The Morgan fingerprint density at radius 1 is 1.08 bits per heavy atom. The van der Waals surface area contributed by atoms with Gasteiger partial charge in [-0.1, -0.05) is 0 Å².